The summed E-state index contributed by atoms with van der Waals surface area (Å²) in [7, 11) is -4.35. The van der Waals surface area contributed by atoms with E-state index in [4.69, 9.17) is 23.2 Å². The van der Waals surface area contributed by atoms with Gasteiger partial charge in [0, 0.05) is 37.9 Å². The van der Waals surface area contributed by atoms with Crippen LogP contribution in [0.15, 0.2) is 59.6 Å². The van der Waals surface area contributed by atoms with E-state index in [0.29, 0.717) is 27.5 Å². The highest BCUT2D eigenvalue weighted by Crippen LogP contribution is 2.35. The Morgan fingerprint density at radius 3 is 2.33 bits per heavy atom. The van der Waals surface area contributed by atoms with E-state index in [-0.39, 0.29) is 26.2 Å². The van der Waals surface area contributed by atoms with Gasteiger partial charge in [-0.3, -0.25) is 0 Å². The smallest absolute Gasteiger partial charge is 0.337 e. The highest BCUT2D eigenvalue weighted by atomic mass is 35.5. The largest absolute Gasteiger partial charge is 0.417 e. The maximum Gasteiger partial charge on any atom is 0.417 e. The number of aromatic nitrogens is 4. The van der Waals surface area contributed by atoms with E-state index in [1.54, 1.807) is 35.4 Å². The van der Waals surface area contributed by atoms with E-state index in [1.165, 1.54) is 10.6 Å². The van der Waals surface area contributed by atoms with Crippen molar-refractivity contribution < 1.29 is 21.6 Å². The second kappa shape index (κ2) is 9.18. The zero-order chi connectivity index (χ0) is 25.7. The summed E-state index contributed by atoms with van der Waals surface area (Å²) in [5, 5.41) is 5.32. The molecule has 1 aliphatic rings. The van der Waals surface area contributed by atoms with Crippen molar-refractivity contribution in [3.05, 3.63) is 70.3 Å². The molecule has 8 nitrogen and oxygen atoms in total. The van der Waals surface area contributed by atoms with Gasteiger partial charge in [-0.05, 0) is 30.3 Å². The van der Waals surface area contributed by atoms with Crippen LogP contribution in [-0.2, 0) is 16.2 Å². The van der Waals surface area contributed by atoms with Crippen LogP contribution in [0.1, 0.15) is 5.56 Å². The van der Waals surface area contributed by atoms with Crippen molar-refractivity contribution in [2.45, 2.75) is 11.1 Å². The Bertz CT molecular complexity index is 1550. The van der Waals surface area contributed by atoms with Gasteiger partial charge in [0.2, 0.25) is 16.0 Å². The molecule has 0 aliphatic carbocycles. The van der Waals surface area contributed by atoms with Gasteiger partial charge in [-0.15, -0.1) is 5.10 Å². The molecule has 0 saturated carbocycles. The minimum Gasteiger partial charge on any atom is -0.337 e. The Labute approximate surface area is 213 Å². The van der Waals surface area contributed by atoms with Gasteiger partial charge in [0.15, 0.2) is 0 Å². The number of alkyl halides is 3. The van der Waals surface area contributed by atoms with Gasteiger partial charge < -0.3 is 4.90 Å². The predicted molar refractivity (Wildman–Crippen MR) is 129 cm³/mol. The molecule has 14 heteroatoms. The van der Waals surface area contributed by atoms with E-state index in [9.17, 15) is 21.6 Å². The molecule has 1 saturated heterocycles. The summed E-state index contributed by atoms with van der Waals surface area (Å²) >= 11 is 12.2. The fourth-order valence-corrected chi connectivity index (χ4v) is 5.92. The van der Waals surface area contributed by atoms with Crippen molar-refractivity contribution in [3.8, 4) is 11.3 Å². The van der Waals surface area contributed by atoms with Gasteiger partial charge in [-0.25, -0.2) is 13.4 Å². The molecule has 0 spiro atoms. The molecular formula is C22H17Cl2F3N6O2S. The lowest BCUT2D eigenvalue weighted by Crippen LogP contribution is -2.49. The standard InChI is InChI=1S/C22H17Cl2F3N6O2S/c23-16-6-5-14(13-17(16)24)18-7-8-28-20-29-21(30-33(18)20)31-9-11-32(12-10-31)36(34,35)19-4-2-1-3-15(19)22(25,26)27/h1-8,13H,9-12H2. The van der Waals surface area contributed by atoms with Crippen molar-refractivity contribution >= 4 is 45.0 Å². The van der Waals surface area contributed by atoms with Crippen LogP contribution >= 0.6 is 23.2 Å². The van der Waals surface area contributed by atoms with E-state index >= 15 is 0 Å². The average Bonchev–Trinajstić information content (AvgIpc) is 3.30. The van der Waals surface area contributed by atoms with Crippen LogP contribution in [0.5, 0.6) is 0 Å². The van der Waals surface area contributed by atoms with Gasteiger partial charge >= 0.3 is 6.18 Å². The van der Waals surface area contributed by atoms with Crippen LogP contribution in [-0.4, -0.2) is 58.5 Å². The Morgan fingerprint density at radius 2 is 1.64 bits per heavy atom. The summed E-state index contributed by atoms with van der Waals surface area (Å²) in [5.74, 6) is 0.644. The molecule has 0 unspecified atom stereocenters. The minimum atomic E-state index is -4.79. The highest BCUT2D eigenvalue weighted by Gasteiger charge is 2.39. The number of hydrogen-bond acceptors (Lipinski definition) is 6. The van der Waals surface area contributed by atoms with E-state index in [0.717, 1.165) is 28.1 Å². The maximum absolute atomic E-state index is 13.4. The maximum atomic E-state index is 13.4. The van der Waals surface area contributed by atoms with E-state index in [1.807, 2.05) is 0 Å². The van der Waals surface area contributed by atoms with Crippen molar-refractivity contribution in [2.24, 2.45) is 0 Å². The fourth-order valence-electron chi connectivity index (χ4n) is 3.98. The number of halogens is 5. The average molecular weight is 557 g/mol. The topological polar surface area (TPSA) is 83.7 Å². The normalized spacial score (nSPS) is 15.5. The highest BCUT2D eigenvalue weighted by molar-refractivity contribution is 7.89. The molecule has 0 radical (unpaired) electrons. The molecule has 0 amide bonds. The SMILES string of the molecule is O=S(=O)(c1ccccc1C(F)(F)F)N1CCN(c2nc3nccc(-c4ccc(Cl)c(Cl)c4)n3n2)CC1. The molecule has 3 heterocycles. The second-order valence-corrected chi connectivity index (χ2v) is 10.7. The summed E-state index contributed by atoms with van der Waals surface area (Å²) in [4.78, 5) is 9.69. The number of rotatable bonds is 4. The molecule has 2 aromatic carbocycles. The Morgan fingerprint density at radius 1 is 0.917 bits per heavy atom. The second-order valence-electron chi connectivity index (χ2n) is 7.97. The molecule has 1 aliphatic heterocycles. The minimum absolute atomic E-state index is 0.0306. The van der Waals surface area contributed by atoms with Crippen LogP contribution in [0.2, 0.25) is 10.0 Å². The molecule has 2 aromatic heterocycles. The van der Waals surface area contributed by atoms with Crippen molar-refractivity contribution in [1.29, 1.82) is 0 Å². The number of fused-ring (bicyclic) bond motifs is 1. The van der Waals surface area contributed by atoms with Crippen molar-refractivity contribution in [2.75, 3.05) is 31.1 Å². The first-order valence-corrected chi connectivity index (χ1v) is 12.8. The van der Waals surface area contributed by atoms with Gasteiger partial charge in [0.1, 0.15) is 0 Å². The van der Waals surface area contributed by atoms with Crippen molar-refractivity contribution in [3.63, 3.8) is 0 Å². The lowest BCUT2D eigenvalue weighted by Gasteiger charge is -2.33. The number of hydrogen-bond donors (Lipinski definition) is 0. The van der Waals surface area contributed by atoms with E-state index in [2.05, 4.69) is 15.1 Å². The van der Waals surface area contributed by atoms with Crippen LogP contribution in [0.3, 0.4) is 0 Å². The lowest BCUT2D eigenvalue weighted by atomic mass is 10.1. The van der Waals surface area contributed by atoms with Crippen LogP contribution < -0.4 is 4.90 Å². The third-order valence-corrected chi connectivity index (χ3v) is 8.47. The zero-order valence-electron chi connectivity index (χ0n) is 18.3. The Balaban J connectivity index is 1.39. The molecule has 5 rings (SSSR count). The number of benzene rings is 2. The molecule has 4 aromatic rings. The van der Waals surface area contributed by atoms with Gasteiger partial charge in [0.05, 0.1) is 26.2 Å². The summed E-state index contributed by atoms with van der Waals surface area (Å²) in [6.45, 7) is 0.313. The first kappa shape index (κ1) is 24.8. The molecule has 0 N–H and O–H groups in total. The summed E-state index contributed by atoms with van der Waals surface area (Å²) in [6, 6.07) is 11.1. The predicted octanol–water partition coefficient (Wildman–Crippen LogP) is 4.63. The van der Waals surface area contributed by atoms with Crippen LogP contribution in [0, 0.1) is 0 Å². The van der Waals surface area contributed by atoms with E-state index < -0.39 is 26.7 Å². The van der Waals surface area contributed by atoms with Crippen molar-refractivity contribution in [1.82, 2.24) is 23.9 Å². The first-order chi connectivity index (χ1) is 17.1. The zero-order valence-corrected chi connectivity index (χ0v) is 20.7. The summed E-state index contributed by atoms with van der Waals surface area (Å²) < 4.78 is 68.8. The van der Waals surface area contributed by atoms with Crippen LogP contribution in [0.25, 0.3) is 17.0 Å². The number of nitrogens with zero attached hydrogens (tertiary/aromatic N) is 6. The number of anilines is 1. The molecule has 0 atom stereocenters. The lowest BCUT2D eigenvalue weighted by molar-refractivity contribution is -0.139. The molecule has 36 heavy (non-hydrogen) atoms. The van der Waals surface area contributed by atoms with Gasteiger partial charge in [-0.2, -0.15) is 27.0 Å². The third kappa shape index (κ3) is 4.49. The first-order valence-electron chi connectivity index (χ1n) is 10.6. The van der Waals surface area contributed by atoms with Gasteiger partial charge in [0.25, 0.3) is 5.78 Å². The van der Waals surface area contributed by atoms with Crippen LogP contribution in [0.4, 0.5) is 19.1 Å². The molecule has 188 valence electrons. The number of piperazine rings is 1. The van der Waals surface area contributed by atoms with Gasteiger partial charge in [-0.1, -0.05) is 41.4 Å². The number of sulfonamides is 1. The quantitative estimate of drug-likeness (QED) is 0.364. The third-order valence-electron chi connectivity index (χ3n) is 5.78. The molecular weight excluding hydrogens is 540 g/mol. The molecule has 0 bridgehead atoms. The monoisotopic (exact) mass is 556 g/mol. The molecule has 1 fully saturated rings. The Kier molecular flexibility index (Phi) is 6.31. The Hall–Kier alpha value is -2.93. The summed E-state index contributed by atoms with van der Waals surface area (Å²) in [6.07, 6.45) is -3.21. The summed E-state index contributed by atoms with van der Waals surface area (Å²) in [5.41, 5.74) is 0.227. The fraction of sp³-hybridized carbons (Fsp3) is 0.227.